The van der Waals surface area contributed by atoms with Crippen LogP contribution in [0.2, 0.25) is 10.0 Å². The molecule has 3 N–H and O–H groups in total. The van der Waals surface area contributed by atoms with Crippen LogP contribution in [0.15, 0.2) is 30.3 Å². The molecule has 1 aliphatic heterocycles. The predicted molar refractivity (Wildman–Crippen MR) is 99.5 cm³/mol. The number of anilines is 1. The summed E-state index contributed by atoms with van der Waals surface area (Å²) in [4.78, 5) is 12.9. The van der Waals surface area contributed by atoms with Crippen molar-refractivity contribution in [3.05, 3.63) is 51.5 Å². The van der Waals surface area contributed by atoms with E-state index in [1.165, 1.54) is 40.9 Å². The van der Waals surface area contributed by atoms with Crippen molar-refractivity contribution >= 4 is 46.6 Å². The highest BCUT2D eigenvalue weighted by Crippen LogP contribution is 2.52. The molecular weight excluding hydrogens is 385 g/mol. The number of aromatic hydroxyl groups is 2. The quantitative estimate of drug-likeness (QED) is 0.729. The van der Waals surface area contributed by atoms with Crippen LogP contribution in [0.3, 0.4) is 0 Å². The van der Waals surface area contributed by atoms with Gasteiger partial charge in [0.25, 0.3) is 0 Å². The summed E-state index contributed by atoms with van der Waals surface area (Å²) in [7, 11) is 0. The first-order valence-corrected chi connectivity index (χ1v) is 9.10. The molecule has 0 bridgehead atoms. The van der Waals surface area contributed by atoms with E-state index in [-0.39, 0.29) is 34.4 Å². The number of amides is 1. The molecule has 1 amide bonds. The number of carbonyl (C=O) groups excluding carboxylic acids is 1. The number of halogens is 2. The van der Waals surface area contributed by atoms with Gasteiger partial charge < -0.3 is 15.3 Å². The highest BCUT2D eigenvalue weighted by molar-refractivity contribution is 8.01. The third kappa shape index (κ3) is 3.04. The van der Waals surface area contributed by atoms with Crippen molar-refractivity contribution in [2.24, 2.45) is 0 Å². The van der Waals surface area contributed by atoms with Crippen LogP contribution < -0.4 is 4.90 Å². The van der Waals surface area contributed by atoms with Crippen molar-refractivity contribution in [1.82, 2.24) is 0 Å². The summed E-state index contributed by atoms with van der Waals surface area (Å²) in [5.74, 6) is -0.323. The van der Waals surface area contributed by atoms with Crippen LogP contribution >= 0.6 is 35.0 Å². The maximum absolute atomic E-state index is 12.6. The van der Waals surface area contributed by atoms with Gasteiger partial charge >= 0.3 is 0 Å². The Kier molecular flexibility index (Phi) is 4.81. The minimum atomic E-state index is -1.03. The molecule has 132 valence electrons. The molecule has 1 unspecified atom stereocenters. The molecule has 2 aromatic rings. The van der Waals surface area contributed by atoms with Crippen molar-refractivity contribution in [2.45, 2.75) is 18.4 Å². The summed E-state index contributed by atoms with van der Waals surface area (Å²) >= 11 is 13.4. The number of hydrogen-bond acceptors (Lipinski definition) is 5. The maximum atomic E-state index is 12.6. The monoisotopic (exact) mass is 399 g/mol. The van der Waals surface area contributed by atoms with E-state index in [2.05, 4.69) is 0 Å². The Morgan fingerprint density at radius 2 is 1.92 bits per heavy atom. The molecule has 0 radical (unpaired) electrons. The molecule has 5 nitrogen and oxygen atoms in total. The number of aliphatic hydroxyl groups excluding tert-OH is 1. The Hall–Kier alpha value is -1.60. The number of benzene rings is 2. The second kappa shape index (κ2) is 6.61. The van der Waals surface area contributed by atoms with Crippen molar-refractivity contribution in [1.29, 1.82) is 0 Å². The van der Waals surface area contributed by atoms with E-state index in [1.54, 1.807) is 13.0 Å². The van der Waals surface area contributed by atoms with Crippen LogP contribution in [0.25, 0.3) is 0 Å². The highest BCUT2D eigenvalue weighted by Gasteiger charge is 2.47. The van der Waals surface area contributed by atoms with Gasteiger partial charge in [-0.25, -0.2) is 0 Å². The molecule has 0 aliphatic carbocycles. The third-order valence-electron chi connectivity index (χ3n) is 4.15. The smallest absolute Gasteiger partial charge is 0.238 e. The summed E-state index contributed by atoms with van der Waals surface area (Å²) in [6, 6.07) is 7.44. The van der Waals surface area contributed by atoms with Crippen LogP contribution in [0.4, 0.5) is 5.69 Å². The fourth-order valence-corrected chi connectivity index (χ4v) is 4.52. The van der Waals surface area contributed by atoms with Crippen LogP contribution in [-0.4, -0.2) is 27.0 Å². The van der Waals surface area contributed by atoms with Gasteiger partial charge in [-0.05, 0) is 37.3 Å². The number of rotatable bonds is 3. The Bertz CT molecular complexity index is 861. The molecule has 2 aromatic carbocycles. The van der Waals surface area contributed by atoms with E-state index in [0.29, 0.717) is 15.6 Å². The second-order valence-electron chi connectivity index (χ2n) is 5.75. The second-order valence-corrected chi connectivity index (χ2v) is 8.00. The Morgan fingerprint density at radius 3 is 2.60 bits per heavy atom. The van der Waals surface area contributed by atoms with E-state index in [4.69, 9.17) is 23.2 Å². The molecule has 1 aliphatic rings. The molecule has 0 aromatic heterocycles. The number of phenolic OH excluding ortho intramolecular Hbond substituents is 1. The SMILES string of the molecule is CC1(c2cc(Cl)cc(CO)c2O)SCC(=O)N1c1cc(Cl)ccc1O. The molecular formula is C17H15Cl2NO4S. The number of aliphatic hydroxyl groups is 1. The van der Waals surface area contributed by atoms with E-state index < -0.39 is 11.5 Å². The Balaban J connectivity index is 2.22. The van der Waals surface area contributed by atoms with Gasteiger partial charge in [0.05, 0.1) is 18.0 Å². The molecule has 0 saturated carbocycles. The first-order chi connectivity index (χ1) is 11.8. The Labute approximate surface area is 158 Å². The number of thioether (sulfide) groups is 1. The van der Waals surface area contributed by atoms with Gasteiger partial charge in [-0.2, -0.15) is 0 Å². The Morgan fingerprint density at radius 1 is 1.20 bits per heavy atom. The van der Waals surface area contributed by atoms with Crippen LogP contribution in [0, 0.1) is 0 Å². The average molecular weight is 400 g/mol. The van der Waals surface area contributed by atoms with E-state index >= 15 is 0 Å². The van der Waals surface area contributed by atoms with Gasteiger partial charge in [0.15, 0.2) is 0 Å². The lowest BCUT2D eigenvalue weighted by molar-refractivity contribution is -0.116. The molecule has 1 heterocycles. The lowest BCUT2D eigenvalue weighted by Gasteiger charge is -2.36. The summed E-state index contributed by atoms with van der Waals surface area (Å²) in [6.07, 6.45) is 0. The molecule has 1 saturated heterocycles. The predicted octanol–water partition coefficient (Wildman–Crippen LogP) is 3.85. The maximum Gasteiger partial charge on any atom is 0.238 e. The van der Waals surface area contributed by atoms with Gasteiger partial charge in [-0.1, -0.05) is 23.2 Å². The highest BCUT2D eigenvalue weighted by atomic mass is 35.5. The molecule has 25 heavy (non-hydrogen) atoms. The van der Waals surface area contributed by atoms with Crippen molar-refractivity contribution in [2.75, 3.05) is 10.7 Å². The lowest BCUT2D eigenvalue weighted by atomic mass is 10.0. The zero-order valence-corrected chi connectivity index (χ0v) is 15.5. The molecule has 3 rings (SSSR count). The molecule has 1 fully saturated rings. The summed E-state index contributed by atoms with van der Waals surface area (Å²) in [5, 5.41) is 30.9. The normalized spacial score (nSPS) is 20.3. The lowest BCUT2D eigenvalue weighted by Crippen LogP contribution is -2.40. The summed E-state index contributed by atoms with van der Waals surface area (Å²) < 4.78 is 0. The van der Waals surface area contributed by atoms with Gasteiger partial charge in [-0.15, -0.1) is 11.8 Å². The fraction of sp³-hybridized carbons (Fsp3) is 0.235. The fourth-order valence-electron chi connectivity index (χ4n) is 2.94. The zero-order valence-electron chi connectivity index (χ0n) is 13.2. The van der Waals surface area contributed by atoms with Gasteiger partial charge in [-0.3, -0.25) is 9.69 Å². The van der Waals surface area contributed by atoms with Crippen molar-refractivity contribution in [3.8, 4) is 11.5 Å². The van der Waals surface area contributed by atoms with Crippen molar-refractivity contribution in [3.63, 3.8) is 0 Å². The van der Waals surface area contributed by atoms with Gasteiger partial charge in [0, 0.05) is 21.2 Å². The number of nitrogens with zero attached hydrogens (tertiary/aromatic N) is 1. The van der Waals surface area contributed by atoms with Crippen LogP contribution in [0.5, 0.6) is 11.5 Å². The average Bonchev–Trinajstić information content (AvgIpc) is 2.87. The minimum Gasteiger partial charge on any atom is -0.507 e. The first-order valence-electron chi connectivity index (χ1n) is 7.36. The zero-order chi connectivity index (χ0) is 18.4. The molecule has 1 atom stereocenters. The van der Waals surface area contributed by atoms with Gasteiger partial charge in [0.1, 0.15) is 16.4 Å². The minimum absolute atomic E-state index is 0.102. The van der Waals surface area contributed by atoms with Crippen LogP contribution in [0.1, 0.15) is 18.1 Å². The largest absolute Gasteiger partial charge is 0.507 e. The summed E-state index contributed by atoms with van der Waals surface area (Å²) in [6.45, 7) is 1.35. The summed E-state index contributed by atoms with van der Waals surface area (Å²) in [5.41, 5.74) is 0.883. The molecule has 8 heteroatoms. The van der Waals surface area contributed by atoms with Crippen LogP contribution in [-0.2, 0) is 16.3 Å². The first kappa shape index (κ1) is 18.2. The standard InChI is InChI=1S/C17H15Cl2NO4S/c1-17(12-5-11(19)4-9(7-21)16(12)24)20(15(23)8-25-17)13-6-10(18)2-3-14(13)22/h2-6,21-22,24H,7-8H2,1H3. The number of phenols is 2. The van der Waals surface area contributed by atoms with Crippen molar-refractivity contribution < 1.29 is 20.1 Å². The number of hydrogen-bond donors (Lipinski definition) is 3. The number of carbonyl (C=O) groups is 1. The van der Waals surface area contributed by atoms with E-state index in [9.17, 15) is 20.1 Å². The topological polar surface area (TPSA) is 81.0 Å². The molecule has 0 spiro atoms. The third-order valence-corrected chi connectivity index (χ3v) is 5.96. The van der Waals surface area contributed by atoms with Gasteiger partial charge in [0.2, 0.25) is 5.91 Å². The van der Waals surface area contributed by atoms with E-state index in [1.807, 2.05) is 0 Å². The van der Waals surface area contributed by atoms with E-state index in [0.717, 1.165) is 0 Å².